The van der Waals surface area contributed by atoms with Gasteiger partial charge in [0, 0.05) is 13.0 Å². The molecule has 16 heavy (non-hydrogen) atoms. The van der Waals surface area contributed by atoms with E-state index >= 15 is 0 Å². The third kappa shape index (κ3) is 11.3. The van der Waals surface area contributed by atoms with E-state index < -0.39 is 18.9 Å². The molecule has 96 valence electrons. The number of rotatable bonds is 7. The Morgan fingerprint density at radius 2 is 2.12 bits per heavy atom. The average Bonchev–Trinajstić information content (AvgIpc) is 2.10. The van der Waals surface area contributed by atoms with Crippen LogP contribution in [0.2, 0.25) is 0 Å². The molecule has 1 unspecified atom stereocenters. The molecule has 0 fully saturated rings. The number of ether oxygens (including phenoxy) is 1. The van der Waals surface area contributed by atoms with Crippen molar-refractivity contribution < 1.29 is 27.8 Å². The zero-order chi connectivity index (χ0) is 12.6. The van der Waals surface area contributed by atoms with Crippen LogP contribution in [0.25, 0.3) is 0 Å². The van der Waals surface area contributed by atoms with E-state index in [4.69, 9.17) is 5.11 Å². The zero-order valence-corrected chi connectivity index (χ0v) is 9.01. The normalized spacial score (nSPS) is 13.6. The molecule has 4 nitrogen and oxygen atoms in total. The summed E-state index contributed by atoms with van der Waals surface area (Å²) < 4.78 is 39.1. The third-order valence-corrected chi connectivity index (χ3v) is 1.62. The monoisotopic (exact) mass is 243 g/mol. The van der Waals surface area contributed by atoms with Crippen molar-refractivity contribution in [3.63, 3.8) is 0 Å². The Labute approximate surface area is 91.8 Å². The first-order valence-electron chi connectivity index (χ1n) is 4.90. The molecule has 0 aliphatic rings. The van der Waals surface area contributed by atoms with Crippen molar-refractivity contribution >= 4 is 5.91 Å². The lowest BCUT2D eigenvalue weighted by molar-refractivity contribution is -0.174. The highest BCUT2D eigenvalue weighted by Gasteiger charge is 2.27. The van der Waals surface area contributed by atoms with Crippen LogP contribution in [0.15, 0.2) is 0 Å². The molecule has 0 spiro atoms. The largest absolute Gasteiger partial charge is 0.411 e. The third-order valence-electron chi connectivity index (χ3n) is 1.62. The number of carbonyl (C=O) groups excluding carboxylic acids is 1. The molecule has 0 rings (SSSR count). The summed E-state index contributed by atoms with van der Waals surface area (Å²) in [7, 11) is 0. The zero-order valence-electron chi connectivity index (χ0n) is 9.01. The number of halogens is 3. The molecule has 0 heterocycles. The maximum atomic E-state index is 11.6. The number of alkyl halides is 3. The van der Waals surface area contributed by atoms with Gasteiger partial charge < -0.3 is 15.2 Å². The van der Waals surface area contributed by atoms with Gasteiger partial charge in [-0.15, -0.1) is 0 Å². The summed E-state index contributed by atoms with van der Waals surface area (Å²) in [6.45, 7) is 0.280. The molecule has 0 aromatic rings. The van der Waals surface area contributed by atoms with Gasteiger partial charge in [0.05, 0.1) is 12.7 Å². The quantitative estimate of drug-likeness (QED) is 0.651. The van der Waals surface area contributed by atoms with E-state index in [0.29, 0.717) is 13.0 Å². The molecule has 7 heteroatoms. The van der Waals surface area contributed by atoms with E-state index in [0.717, 1.165) is 0 Å². The Morgan fingerprint density at radius 3 is 2.62 bits per heavy atom. The molecule has 0 saturated heterocycles. The first kappa shape index (κ1) is 15.2. The molecule has 1 amide bonds. The van der Waals surface area contributed by atoms with Crippen LogP contribution < -0.4 is 5.32 Å². The van der Waals surface area contributed by atoms with Crippen molar-refractivity contribution in [2.45, 2.75) is 32.0 Å². The van der Waals surface area contributed by atoms with Gasteiger partial charge in [-0.05, 0) is 13.3 Å². The lowest BCUT2D eigenvalue weighted by atomic mass is 10.3. The van der Waals surface area contributed by atoms with Gasteiger partial charge in [0.2, 0.25) is 5.91 Å². The topological polar surface area (TPSA) is 58.6 Å². The van der Waals surface area contributed by atoms with Crippen LogP contribution in [0.5, 0.6) is 0 Å². The van der Waals surface area contributed by atoms with Gasteiger partial charge in [0.15, 0.2) is 0 Å². The molecular formula is C9H16F3NO3. The van der Waals surface area contributed by atoms with Gasteiger partial charge in [-0.25, -0.2) is 0 Å². The second-order valence-corrected chi connectivity index (χ2v) is 3.41. The summed E-state index contributed by atoms with van der Waals surface area (Å²) in [5.74, 6) is -0.386. The summed E-state index contributed by atoms with van der Waals surface area (Å²) in [6.07, 6.45) is -4.57. The molecule has 2 N–H and O–H groups in total. The Hall–Kier alpha value is -0.820. The number of hydrogen-bond acceptors (Lipinski definition) is 3. The molecule has 0 bridgehead atoms. The molecule has 0 saturated carbocycles. The molecule has 0 radical (unpaired) electrons. The molecule has 0 aromatic carbocycles. The number of nitrogens with one attached hydrogen (secondary N) is 1. The molecule has 1 atom stereocenters. The summed E-state index contributed by atoms with van der Waals surface area (Å²) >= 11 is 0. The SMILES string of the molecule is CC(O)CCNC(=O)CCOCC(F)(F)F. The van der Waals surface area contributed by atoms with Crippen LogP contribution in [0.1, 0.15) is 19.8 Å². The Bertz CT molecular complexity index is 207. The second-order valence-electron chi connectivity index (χ2n) is 3.41. The van der Waals surface area contributed by atoms with E-state index in [1.807, 2.05) is 0 Å². The van der Waals surface area contributed by atoms with Gasteiger partial charge in [-0.3, -0.25) is 4.79 Å². The van der Waals surface area contributed by atoms with E-state index in [1.165, 1.54) is 0 Å². The minimum absolute atomic E-state index is 0.115. The number of aliphatic hydroxyl groups excluding tert-OH is 1. The van der Waals surface area contributed by atoms with Crippen molar-refractivity contribution in [2.75, 3.05) is 19.8 Å². The first-order valence-corrected chi connectivity index (χ1v) is 4.90. The van der Waals surface area contributed by atoms with Crippen LogP contribution in [0.3, 0.4) is 0 Å². The first-order chi connectivity index (χ1) is 7.31. The smallest absolute Gasteiger partial charge is 0.393 e. The maximum Gasteiger partial charge on any atom is 0.411 e. The Morgan fingerprint density at radius 1 is 1.50 bits per heavy atom. The second kappa shape index (κ2) is 7.45. The standard InChI is InChI=1S/C9H16F3NO3/c1-7(14)2-4-13-8(15)3-5-16-6-9(10,11)12/h7,14H,2-6H2,1H3,(H,13,15). The number of amides is 1. The highest BCUT2D eigenvalue weighted by molar-refractivity contribution is 5.75. The van der Waals surface area contributed by atoms with Crippen LogP contribution in [0.4, 0.5) is 13.2 Å². The average molecular weight is 243 g/mol. The predicted octanol–water partition coefficient (Wildman–Crippen LogP) is 0.843. The Kier molecular flexibility index (Phi) is 7.07. The number of aliphatic hydroxyl groups is 1. The number of hydrogen-bond donors (Lipinski definition) is 2. The fourth-order valence-corrected chi connectivity index (χ4v) is 0.862. The number of carbonyl (C=O) groups is 1. The van der Waals surface area contributed by atoms with Gasteiger partial charge in [-0.1, -0.05) is 0 Å². The highest BCUT2D eigenvalue weighted by atomic mass is 19.4. The van der Waals surface area contributed by atoms with Gasteiger partial charge >= 0.3 is 6.18 Å². The highest BCUT2D eigenvalue weighted by Crippen LogP contribution is 2.14. The van der Waals surface area contributed by atoms with Gasteiger partial charge in [-0.2, -0.15) is 13.2 Å². The van der Waals surface area contributed by atoms with Crippen LogP contribution >= 0.6 is 0 Å². The summed E-state index contributed by atoms with van der Waals surface area (Å²) in [4.78, 5) is 11.0. The van der Waals surface area contributed by atoms with E-state index in [9.17, 15) is 18.0 Å². The summed E-state index contributed by atoms with van der Waals surface area (Å²) in [5.41, 5.74) is 0. The van der Waals surface area contributed by atoms with Gasteiger partial charge in [0.1, 0.15) is 6.61 Å². The maximum absolute atomic E-state index is 11.6. The van der Waals surface area contributed by atoms with Crippen molar-refractivity contribution in [3.8, 4) is 0 Å². The lowest BCUT2D eigenvalue weighted by Crippen LogP contribution is -2.28. The fourth-order valence-electron chi connectivity index (χ4n) is 0.862. The molecule has 0 aliphatic heterocycles. The molecule has 0 aromatic heterocycles. The van der Waals surface area contributed by atoms with E-state index in [1.54, 1.807) is 6.92 Å². The van der Waals surface area contributed by atoms with Crippen molar-refractivity contribution in [2.24, 2.45) is 0 Å². The molecule has 0 aliphatic carbocycles. The summed E-state index contributed by atoms with van der Waals surface area (Å²) in [5, 5.41) is 11.3. The fraction of sp³-hybridized carbons (Fsp3) is 0.889. The van der Waals surface area contributed by atoms with Crippen LogP contribution in [-0.4, -0.2) is 43.1 Å². The van der Waals surface area contributed by atoms with Gasteiger partial charge in [0.25, 0.3) is 0 Å². The minimum atomic E-state index is -4.36. The summed E-state index contributed by atoms with van der Waals surface area (Å²) in [6, 6.07) is 0. The predicted molar refractivity (Wildman–Crippen MR) is 50.8 cm³/mol. The molecular weight excluding hydrogens is 227 g/mol. The van der Waals surface area contributed by atoms with E-state index in [2.05, 4.69) is 10.1 Å². The van der Waals surface area contributed by atoms with Crippen molar-refractivity contribution in [1.82, 2.24) is 5.32 Å². The van der Waals surface area contributed by atoms with E-state index in [-0.39, 0.29) is 18.9 Å². The van der Waals surface area contributed by atoms with Crippen LogP contribution in [-0.2, 0) is 9.53 Å². The Balaban J connectivity index is 3.38. The van der Waals surface area contributed by atoms with Crippen molar-refractivity contribution in [3.05, 3.63) is 0 Å². The lowest BCUT2D eigenvalue weighted by Gasteiger charge is -2.08. The minimum Gasteiger partial charge on any atom is -0.393 e. The van der Waals surface area contributed by atoms with Crippen LogP contribution in [0, 0.1) is 0 Å². The van der Waals surface area contributed by atoms with Crippen molar-refractivity contribution in [1.29, 1.82) is 0 Å².